The summed E-state index contributed by atoms with van der Waals surface area (Å²) in [4.78, 5) is 14.6. The Bertz CT molecular complexity index is 465. The summed E-state index contributed by atoms with van der Waals surface area (Å²) >= 11 is 0. The smallest absolute Gasteiger partial charge is 0.147 e. The Hall–Kier alpha value is -1.23. The minimum atomic E-state index is -0.111. The van der Waals surface area contributed by atoms with Gasteiger partial charge in [0.05, 0.1) is 6.54 Å². The molecule has 2 heterocycles. The van der Waals surface area contributed by atoms with Crippen LogP contribution in [0.5, 0.6) is 0 Å². The fourth-order valence-electron chi connectivity index (χ4n) is 3.10. The molecule has 98 valence electrons. The molecular formula is C13H20N4O. The van der Waals surface area contributed by atoms with Crippen molar-refractivity contribution in [3.05, 3.63) is 12.2 Å². The summed E-state index contributed by atoms with van der Waals surface area (Å²) in [5, 5.41) is 8.04. The molecule has 1 aliphatic carbocycles. The number of nitrogens with zero attached hydrogens (tertiary/aromatic N) is 4. The van der Waals surface area contributed by atoms with Crippen molar-refractivity contribution in [2.45, 2.75) is 39.8 Å². The first-order valence-electron chi connectivity index (χ1n) is 6.69. The zero-order valence-electron chi connectivity index (χ0n) is 11.1. The molecule has 1 aromatic heterocycles. The lowest BCUT2D eigenvalue weighted by Gasteiger charge is -2.29. The van der Waals surface area contributed by atoms with Crippen LogP contribution in [-0.2, 0) is 17.9 Å². The van der Waals surface area contributed by atoms with Gasteiger partial charge < -0.3 is 4.57 Å². The summed E-state index contributed by atoms with van der Waals surface area (Å²) in [5.74, 6) is 1.68. The Labute approximate surface area is 107 Å². The van der Waals surface area contributed by atoms with Crippen LogP contribution in [0, 0.1) is 11.3 Å². The Morgan fingerprint density at radius 2 is 2.28 bits per heavy atom. The van der Waals surface area contributed by atoms with Gasteiger partial charge in [0.25, 0.3) is 0 Å². The zero-order chi connectivity index (χ0) is 12.8. The van der Waals surface area contributed by atoms with E-state index in [1.807, 2.05) is 0 Å². The number of aromatic nitrogens is 3. The second-order valence-electron chi connectivity index (χ2n) is 6.16. The van der Waals surface area contributed by atoms with E-state index in [4.69, 9.17) is 0 Å². The third-order valence-corrected chi connectivity index (χ3v) is 4.35. The van der Waals surface area contributed by atoms with Crippen LogP contribution in [0.2, 0.25) is 0 Å². The summed E-state index contributed by atoms with van der Waals surface area (Å²) in [6.07, 6.45) is 3.85. The number of hydrogen-bond donors (Lipinski definition) is 0. The molecule has 1 unspecified atom stereocenters. The first-order valence-corrected chi connectivity index (χ1v) is 6.69. The quantitative estimate of drug-likeness (QED) is 0.786. The molecule has 1 aromatic rings. The minimum Gasteiger partial charge on any atom is -0.315 e. The molecule has 1 aliphatic heterocycles. The molecule has 0 bridgehead atoms. The molecule has 0 spiro atoms. The van der Waals surface area contributed by atoms with Crippen LogP contribution in [0.3, 0.4) is 0 Å². The lowest BCUT2D eigenvalue weighted by Crippen LogP contribution is -2.38. The van der Waals surface area contributed by atoms with Gasteiger partial charge in [0.1, 0.15) is 17.9 Å². The van der Waals surface area contributed by atoms with E-state index in [1.54, 1.807) is 6.33 Å². The highest BCUT2D eigenvalue weighted by Crippen LogP contribution is 2.38. The monoisotopic (exact) mass is 248 g/mol. The third kappa shape index (κ3) is 1.96. The second kappa shape index (κ2) is 4.16. The highest BCUT2D eigenvalue weighted by molar-refractivity contribution is 5.88. The van der Waals surface area contributed by atoms with Crippen molar-refractivity contribution in [1.82, 2.24) is 19.7 Å². The van der Waals surface area contributed by atoms with Gasteiger partial charge in [0.2, 0.25) is 0 Å². The van der Waals surface area contributed by atoms with Gasteiger partial charge in [-0.2, -0.15) is 0 Å². The van der Waals surface area contributed by atoms with Crippen LogP contribution in [0.15, 0.2) is 6.33 Å². The van der Waals surface area contributed by atoms with Crippen molar-refractivity contribution in [2.24, 2.45) is 11.3 Å². The van der Waals surface area contributed by atoms with Gasteiger partial charge in [0, 0.05) is 31.0 Å². The van der Waals surface area contributed by atoms with Crippen molar-refractivity contribution < 1.29 is 4.79 Å². The molecule has 3 rings (SSSR count). The predicted molar refractivity (Wildman–Crippen MR) is 66.8 cm³/mol. The third-order valence-electron chi connectivity index (χ3n) is 4.35. The van der Waals surface area contributed by atoms with Gasteiger partial charge in [0.15, 0.2) is 0 Å². The van der Waals surface area contributed by atoms with E-state index in [-0.39, 0.29) is 11.3 Å². The SMILES string of the molecule is CC1(C)CCC(CN2CCn3cnnc3C2)C1=O. The van der Waals surface area contributed by atoms with Gasteiger partial charge in [-0.05, 0) is 12.8 Å². The molecular weight excluding hydrogens is 228 g/mol. The molecule has 1 atom stereocenters. The molecule has 0 aromatic carbocycles. The average molecular weight is 248 g/mol. The molecule has 0 amide bonds. The molecule has 5 heteroatoms. The number of carbonyl (C=O) groups excluding carboxylic acids is 1. The second-order valence-corrected chi connectivity index (χ2v) is 6.16. The van der Waals surface area contributed by atoms with Crippen LogP contribution in [0.25, 0.3) is 0 Å². The highest BCUT2D eigenvalue weighted by Gasteiger charge is 2.41. The lowest BCUT2D eigenvalue weighted by molar-refractivity contribution is -0.128. The molecule has 1 saturated carbocycles. The minimum absolute atomic E-state index is 0.111. The van der Waals surface area contributed by atoms with Crippen LogP contribution < -0.4 is 0 Å². The largest absolute Gasteiger partial charge is 0.315 e. The number of carbonyl (C=O) groups is 1. The van der Waals surface area contributed by atoms with E-state index in [9.17, 15) is 4.79 Å². The molecule has 0 radical (unpaired) electrons. The summed E-state index contributed by atoms with van der Waals surface area (Å²) in [6.45, 7) is 7.78. The Kier molecular flexibility index (Phi) is 2.73. The van der Waals surface area contributed by atoms with E-state index in [0.717, 1.165) is 44.8 Å². The number of hydrogen-bond acceptors (Lipinski definition) is 4. The standard InChI is InChI=1S/C13H20N4O/c1-13(2)4-3-10(12(13)18)7-16-5-6-17-9-14-15-11(17)8-16/h9-10H,3-8H2,1-2H3. The van der Waals surface area contributed by atoms with Gasteiger partial charge in [-0.25, -0.2) is 0 Å². The summed E-state index contributed by atoms with van der Waals surface area (Å²) in [6, 6.07) is 0. The van der Waals surface area contributed by atoms with Crippen LogP contribution >= 0.6 is 0 Å². The molecule has 2 aliphatic rings. The first-order chi connectivity index (χ1) is 8.56. The maximum Gasteiger partial charge on any atom is 0.147 e. The van der Waals surface area contributed by atoms with Crippen molar-refractivity contribution in [3.8, 4) is 0 Å². The van der Waals surface area contributed by atoms with Crippen molar-refractivity contribution in [3.63, 3.8) is 0 Å². The van der Waals surface area contributed by atoms with Crippen LogP contribution in [0.1, 0.15) is 32.5 Å². The number of rotatable bonds is 2. The lowest BCUT2D eigenvalue weighted by atomic mass is 9.89. The van der Waals surface area contributed by atoms with E-state index < -0.39 is 0 Å². The fourth-order valence-corrected chi connectivity index (χ4v) is 3.10. The van der Waals surface area contributed by atoms with Crippen molar-refractivity contribution >= 4 is 5.78 Å². The summed E-state index contributed by atoms with van der Waals surface area (Å²) in [7, 11) is 0. The Balaban J connectivity index is 1.64. The Morgan fingerprint density at radius 3 is 3.00 bits per heavy atom. The number of fused-ring (bicyclic) bond motifs is 1. The van der Waals surface area contributed by atoms with Crippen LogP contribution in [0.4, 0.5) is 0 Å². The van der Waals surface area contributed by atoms with E-state index >= 15 is 0 Å². The van der Waals surface area contributed by atoms with E-state index in [1.165, 1.54) is 0 Å². The number of Topliss-reactive ketones (excluding diaryl/α,β-unsaturated/α-hetero) is 1. The first kappa shape index (κ1) is 11.8. The zero-order valence-corrected chi connectivity index (χ0v) is 11.1. The van der Waals surface area contributed by atoms with Gasteiger partial charge in [-0.15, -0.1) is 10.2 Å². The molecule has 1 fully saturated rings. The van der Waals surface area contributed by atoms with Crippen LogP contribution in [-0.4, -0.2) is 38.5 Å². The van der Waals surface area contributed by atoms with E-state index in [0.29, 0.717) is 5.78 Å². The molecule has 0 N–H and O–H groups in total. The summed E-state index contributed by atoms with van der Waals surface area (Å²) < 4.78 is 2.09. The summed E-state index contributed by atoms with van der Waals surface area (Å²) in [5.41, 5.74) is -0.111. The van der Waals surface area contributed by atoms with E-state index in [2.05, 4.69) is 33.5 Å². The number of ketones is 1. The van der Waals surface area contributed by atoms with Gasteiger partial charge in [-0.3, -0.25) is 9.69 Å². The topological polar surface area (TPSA) is 51.0 Å². The highest BCUT2D eigenvalue weighted by atomic mass is 16.1. The maximum absolute atomic E-state index is 12.2. The molecule has 18 heavy (non-hydrogen) atoms. The maximum atomic E-state index is 12.2. The van der Waals surface area contributed by atoms with Gasteiger partial charge in [-0.1, -0.05) is 13.8 Å². The fraction of sp³-hybridized carbons (Fsp3) is 0.769. The van der Waals surface area contributed by atoms with Crippen molar-refractivity contribution in [2.75, 3.05) is 13.1 Å². The van der Waals surface area contributed by atoms with Gasteiger partial charge >= 0.3 is 0 Å². The normalized spacial score (nSPS) is 27.4. The molecule has 0 saturated heterocycles. The molecule has 5 nitrogen and oxygen atoms in total. The Morgan fingerprint density at radius 1 is 1.44 bits per heavy atom. The average Bonchev–Trinajstić information content (AvgIpc) is 2.89. The van der Waals surface area contributed by atoms with Crippen molar-refractivity contribution in [1.29, 1.82) is 0 Å². The predicted octanol–water partition coefficient (Wildman–Crippen LogP) is 1.10.